The van der Waals surface area contributed by atoms with E-state index < -0.39 is 6.09 Å². The molecule has 45 heavy (non-hydrogen) atoms. The number of halogens is 1. The number of hydrogen-bond acceptors (Lipinski definition) is 11. The molecule has 13 heteroatoms. The number of nitrogens with zero attached hydrogens (tertiary/aromatic N) is 3. The molecule has 0 bridgehead atoms. The molecule has 1 N–H and O–H groups in total. The number of para-hydroxylation sites is 1. The summed E-state index contributed by atoms with van der Waals surface area (Å²) in [6.07, 6.45) is 5.88. The second kappa shape index (κ2) is 17.2. The van der Waals surface area contributed by atoms with E-state index in [9.17, 15) is 10.1 Å². The molecule has 0 aliphatic heterocycles. The number of amides is 1. The average molecular weight is 703 g/mol. The number of benzene rings is 1. The van der Waals surface area contributed by atoms with Crippen LogP contribution < -0.4 is 10.2 Å². The second-order valence-electron chi connectivity index (χ2n) is 10.2. The Kier molecular flexibility index (Phi) is 12.9. The molecule has 0 atom stereocenters. The number of allylic oxidation sites excluding steroid dienone is 1. The Labute approximate surface area is 283 Å². The number of anilines is 1. The third-order valence-corrected chi connectivity index (χ3v) is 12.0. The lowest BCUT2D eigenvalue weighted by atomic mass is 10.2. The molecule has 8 nitrogen and oxygen atoms in total. The van der Waals surface area contributed by atoms with Gasteiger partial charge in [0.25, 0.3) is 0 Å². The monoisotopic (exact) mass is 702 g/mol. The Morgan fingerprint density at radius 3 is 2.56 bits per heavy atom. The van der Waals surface area contributed by atoms with Crippen LogP contribution >= 0.6 is 56.9 Å². The minimum absolute atomic E-state index is 0.277. The lowest BCUT2D eigenvalue weighted by Gasteiger charge is -2.16. The smallest absolute Gasteiger partial charge is 0.407 e. The van der Waals surface area contributed by atoms with Crippen molar-refractivity contribution in [3.05, 3.63) is 46.3 Å². The van der Waals surface area contributed by atoms with Crippen molar-refractivity contribution in [1.82, 2.24) is 10.3 Å². The second-order valence-corrected chi connectivity index (χ2v) is 14.8. The Balaban J connectivity index is 1.04. The number of likely N-dealkylation sites (N-methyl/N-ethyl adjacent to an activating group) is 1. The molecule has 5 aromatic rings. The molecule has 0 aliphatic carbocycles. The number of thiazole rings is 1. The molecule has 0 aliphatic rings. The van der Waals surface area contributed by atoms with Crippen LogP contribution in [0.5, 0.6) is 0 Å². The number of nitrogens with one attached hydrogen (secondary N) is 1. The number of thiophene rings is 3. The average Bonchev–Trinajstić information content (AvgIpc) is 3.81. The van der Waals surface area contributed by atoms with E-state index >= 15 is 0 Å². The van der Waals surface area contributed by atoms with Crippen LogP contribution in [0.3, 0.4) is 0 Å². The maximum Gasteiger partial charge on any atom is 0.407 e. The van der Waals surface area contributed by atoms with Crippen molar-refractivity contribution in [3.63, 3.8) is 0 Å². The van der Waals surface area contributed by atoms with E-state index in [4.69, 9.17) is 25.8 Å². The molecular formula is C32H35ClN4O4S4. The minimum atomic E-state index is -0.448. The molecule has 0 radical (unpaired) electrons. The van der Waals surface area contributed by atoms with Gasteiger partial charge in [0.15, 0.2) is 0 Å². The summed E-state index contributed by atoms with van der Waals surface area (Å²) in [6.45, 7) is 3.45. The van der Waals surface area contributed by atoms with E-state index in [1.54, 1.807) is 45.3 Å². The van der Waals surface area contributed by atoms with Gasteiger partial charge < -0.3 is 24.4 Å². The lowest BCUT2D eigenvalue weighted by molar-refractivity contribution is 0.0469. The van der Waals surface area contributed by atoms with Crippen LogP contribution in [-0.2, 0) is 14.2 Å². The van der Waals surface area contributed by atoms with E-state index in [0.717, 1.165) is 63.3 Å². The summed E-state index contributed by atoms with van der Waals surface area (Å²) in [5.74, 6) is 0.724. The first-order valence-electron chi connectivity index (χ1n) is 14.8. The number of hydrogen-bond donors (Lipinski definition) is 1. The molecule has 238 valence electrons. The van der Waals surface area contributed by atoms with Crippen molar-refractivity contribution in [2.24, 2.45) is 0 Å². The van der Waals surface area contributed by atoms with Gasteiger partial charge in [-0.3, -0.25) is 0 Å². The highest BCUT2D eigenvalue weighted by molar-refractivity contribution is 7.39. The summed E-state index contributed by atoms with van der Waals surface area (Å²) >= 11 is 12.4. The third kappa shape index (κ3) is 9.39. The molecule has 1 aromatic carbocycles. The fourth-order valence-electron chi connectivity index (χ4n) is 4.51. The molecule has 4 heterocycles. The van der Waals surface area contributed by atoms with E-state index in [2.05, 4.69) is 33.4 Å². The summed E-state index contributed by atoms with van der Waals surface area (Å²) in [5, 5.41) is 14.4. The van der Waals surface area contributed by atoms with Crippen LogP contribution in [-0.4, -0.2) is 70.1 Å². The number of ether oxygens (including phenoxy) is 3. The van der Waals surface area contributed by atoms with Crippen LogP contribution in [0.4, 0.5) is 9.80 Å². The number of aromatic nitrogens is 1. The summed E-state index contributed by atoms with van der Waals surface area (Å²) in [5.41, 5.74) is 1.49. The van der Waals surface area contributed by atoms with Gasteiger partial charge in [0.1, 0.15) is 17.7 Å². The van der Waals surface area contributed by atoms with Gasteiger partial charge in [-0.1, -0.05) is 25.0 Å². The highest BCUT2D eigenvalue weighted by Gasteiger charge is 2.16. The molecule has 1 amide bonds. The Morgan fingerprint density at radius 2 is 1.73 bits per heavy atom. The van der Waals surface area contributed by atoms with Gasteiger partial charge in [-0.15, -0.1) is 56.9 Å². The highest BCUT2D eigenvalue weighted by Crippen LogP contribution is 2.46. The first kappa shape index (κ1) is 33.6. The van der Waals surface area contributed by atoms with Gasteiger partial charge in [0.2, 0.25) is 0 Å². The zero-order valence-corrected chi connectivity index (χ0v) is 29.0. The van der Waals surface area contributed by atoms with Crippen LogP contribution in [0, 0.1) is 11.3 Å². The van der Waals surface area contributed by atoms with Crippen LogP contribution in [0.25, 0.3) is 40.7 Å². The van der Waals surface area contributed by atoms with Gasteiger partial charge in [-0.25, -0.2) is 9.78 Å². The molecule has 0 spiro atoms. The van der Waals surface area contributed by atoms with E-state index in [-0.39, 0.29) is 6.61 Å². The number of alkyl halides is 1. The number of fused-ring (bicyclic) bond motifs is 4. The first-order valence-corrected chi connectivity index (χ1v) is 18.6. The Hall–Kier alpha value is -2.76. The van der Waals surface area contributed by atoms with Crippen molar-refractivity contribution < 1.29 is 19.0 Å². The normalized spacial score (nSPS) is 11.9. The molecule has 0 saturated heterocycles. The van der Waals surface area contributed by atoms with Crippen LogP contribution in [0.2, 0.25) is 0 Å². The number of rotatable bonds is 18. The number of unbranched alkanes of at least 4 members (excludes halogenated alkanes) is 3. The van der Waals surface area contributed by atoms with Crippen molar-refractivity contribution >= 4 is 109 Å². The van der Waals surface area contributed by atoms with E-state index in [1.807, 2.05) is 37.4 Å². The summed E-state index contributed by atoms with van der Waals surface area (Å²) in [6, 6.07) is 14.6. The summed E-state index contributed by atoms with van der Waals surface area (Å²) < 4.78 is 22.4. The van der Waals surface area contributed by atoms with E-state index in [0.29, 0.717) is 38.5 Å². The molecule has 0 unspecified atom stereocenters. The van der Waals surface area contributed by atoms with Gasteiger partial charge >= 0.3 is 6.09 Å². The Morgan fingerprint density at radius 1 is 0.956 bits per heavy atom. The fourth-order valence-corrected chi connectivity index (χ4v) is 9.59. The number of carbonyl (C=O) groups excluding carboxylic acids is 1. The van der Waals surface area contributed by atoms with E-state index in [1.165, 1.54) is 18.8 Å². The number of carbonyl (C=O) groups is 1. The standard InChI is InChI=1S/C32H35ClN4O4S4/c1-37(12-15-41-32(38)35-11-14-40-17-16-39-13-7-3-2-6-10-33)28-20-27-30(45-28)29-26(43-27)19-23(42-29)18-22(21-34)31-36-24-8-4-5-9-25(24)44-31/h4-5,8-9,18-20H,2-3,6-7,10-17H2,1H3,(H,35,38)/b22-18+. The van der Waals surface area contributed by atoms with Crippen molar-refractivity contribution in [3.8, 4) is 6.07 Å². The van der Waals surface area contributed by atoms with Gasteiger partial charge in [0.05, 0.1) is 56.6 Å². The van der Waals surface area contributed by atoms with Gasteiger partial charge in [-0.2, -0.15) is 5.26 Å². The molecule has 5 rings (SSSR count). The van der Waals surface area contributed by atoms with Crippen molar-refractivity contribution in [2.75, 3.05) is 64.0 Å². The SMILES string of the molecule is CN(CCOC(=O)NCCOCCOCCCCCCCl)c1cc2sc3cc(/C=C(\C#N)c4nc5ccccc5s4)sc3c2s1. The van der Waals surface area contributed by atoms with Crippen LogP contribution in [0.1, 0.15) is 35.6 Å². The largest absolute Gasteiger partial charge is 0.448 e. The van der Waals surface area contributed by atoms with Crippen LogP contribution in [0.15, 0.2) is 36.4 Å². The molecular weight excluding hydrogens is 668 g/mol. The predicted octanol–water partition coefficient (Wildman–Crippen LogP) is 8.85. The topological polar surface area (TPSA) is 96.7 Å². The lowest BCUT2D eigenvalue weighted by Crippen LogP contribution is -2.31. The number of alkyl carbamates (subject to hydrolysis) is 1. The Bertz CT molecular complexity index is 1740. The molecule has 4 aromatic heterocycles. The molecule has 0 saturated carbocycles. The zero-order chi connectivity index (χ0) is 31.4. The summed E-state index contributed by atoms with van der Waals surface area (Å²) in [7, 11) is 2.00. The maximum atomic E-state index is 12.1. The highest BCUT2D eigenvalue weighted by atomic mass is 35.5. The predicted molar refractivity (Wildman–Crippen MR) is 192 cm³/mol. The fraction of sp³-hybridized carbons (Fsp3) is 0.406. The van der Waals surface area contributed by atoms with Crippen molar-refractivity contribution in [2.45, 2.75) is 25.7 Å². The maximum absolute atomic E-state index is 12.1. The summed E-state index contributed by atoms with van der Waals surface area (Å²) in [4.78, 5) is 19.9. The zero-order valence-electron chi connectivity index (χ0n) is 25.0. The van der Waals surface area contributed by atoms with Gasteiger partial charge in [-0.05, 0) is 43.2 Å². The quantitative estimate of drug-likeness (QED) is 0.0554. The first-order chi connectivity index (χ1) is 22.1. The van der Waals surface area contributed by atoms with Gasteiger partial charge in [0, 0.05) is 40.4 Å². The molecule has 0 fully saturated rings. The minimum Gasteiger partial charge on any atom is -0.448 e. The van der Waals surface area contributed by atoms with Crippen molar-refractivity contribution in [1.29, 1.82) is 5.26 Å². The number of nitriles is 1. The third-order valence-electron chi connectivity index (χ3n) is 6.86.